The van der Waals surface area contributed by atoms with Crippen LogP contribution in [-0.2, 0) is 4.65 Å². The Balaban J connectivity index is 2.30. The second-order valence-corrected chi connectivity index (χ2v) is 3.21. The first kappa shape index (κ1) is 8.54. The minimum absolute atomic E-state index is 0.504. The zero-order valence-corrected chi connectivity index (χ0v) is 7.53. The lowest BCUT2D eigenvalue weighted by Gasteiger charge is -2.03. The highest BCUT2D eigenvalue weighted by Gasteiger charge is 2.24. The number of rotatable bonds is 1. The van der Waals surface area contributed by atoms with Gasteiger partial charge in [0.2, 0.25) is 0 Å². The minimum atomic E-state index is -0.747. The van der Waals surface area contributed by atoms with E-state index in [1.165, 1.54) is 5.56 Å². The summed E-state index contributed by atoms with van der Waals surface area (Å²) in [7, 11) is -0.747. The van der Waals surface area contributed by atoms with Crippen LogP contribution in [0.3, 0.4) is 0 Å². The van der Waals surface area contributed by atoms with Gasteiger partial charge in [0.1, 0.15) is 0 Å². The first-order valence-corrected chi connectivity index (χ1v) is 4.34. The Morgan fingerprint density at radius 2 is 2.00 bits per heavy atom. The van der Waals surface area contributed by atoms with Crippen LogP contribution in [0.2, 0.25) is 0 Å². The summed E-state index contributed by atoms with van der Waals surface area (Å²) >= 11 is 0. The number of hydrogen-bond donors (Lipinski definition) is 1. The summed E-state index contributed by atoms with van der Waals surface area (Å²) in [5.41, 5.74) is 3.13. The average molecular weight is 174 g/mol. The maximum absolute atomic E-state index is 9.42. The Bertz CT molecular complexity index is 329. The Labute approximate surface area is 78.0 Å². The van der Waals surface area contributed by atoms with Crippen LogP contribution in [0.25, 0.3) is 5.47 Å². The van der Waals surface area contributed by atoms with E-state index in [9.17, 15) is 5.02 Å². The largest absolute Gasteiger partial charge is 0.491 e. The monoisotopic (exact) mass is 174 g/mol. The van der Waals surface area contributed by atoms with E-state index in [4.69, 9.17) is 4.65 Å². The molecule has 0 saturated carbocycles. The van der Waals surface area contributed by atoms with E-state index in [-0.39, 0.29) is 0 Å². The second kappa shape index (κ2) is 3.36. The highest BCUT2D eigenvalue weighted by molar-refractivity contribution is 6.67. The fraction of sp³-hybridized carbons (Fsp3) is 0.200. The smallest absolute Gasteiger partial charge is 0.423 e. The van der Waals surface area contributed by atoms with E-state index in [1.54, 1.807) is 0 Å². The van der Waals surface area contributed by atoms with Crippen LogP contribution in [0.5, 0.6) is 0 Å². The summed E-state index contributed by atoms with van der Waals surface area (Å²) in [4.78, 5) is 0. The third kappa shape index (κ3) is 1.66. The van der Waals surface area contributed by atoms with Crippen LogP contribution in [0.1, 0.15) is 11.1 Å². The van der Waals surface area contributed by atoms with Gasteiger partial charge in [0.15, 0.2) is 0 Å². The molecule has 1 heterocycles. The van der Waals surface area contributed by atoms with Crippen LogP contribution in [0.15, 0.2) is 30.3 Å². The van der Waals surface area contributed by atoms with E-state index in [1.807, 2.05) is 37.3 Å². The molecule has 1 aliphatic heterocycles. The van der Waals surface area contributed by atoms with Crippen molar-refractivity contribution in [1.29, 1.82) is 0 Å². The molecule has 0 aliphatic carbocycles. The summed E-state index contributed by atoms with van der Waals surface area (Å²) in [5.74, 6) is 0. The zero-order chi connectivity index (χ0) is 9.26. The highest BCUT2D eigenvalue weighted by atomic mass is 16.5. The van der Waals surface area contributed by atoms with Gasteiger partial charge in [-0.1, -0.05) is 35.9 Å². The second-order valence-electron chi connectivity index (χ2n) is 3.21. The van der Waals surface area contributed by atoms with Gasteiger partial charge in [-0.3, -0.25) is 0 Å². The van der Waals surface area contributed by atoms with E-state index in [0.717, 1.165) is 11.0 Å². The quantitative estimate of drug-likeness (QED) is 0.652. The molecule has 0 saturated heterocycles. The third-order valence-corrected chi connectivity index (χ3v) is 2.21. The van der Waals surface area contributed by atoms with Gasteiger partial charge < -0.3 is 9.68 Å². The summed E-state index contributed by atoms with van der Waals surface area (Å²) in [5, 5.41) is 9.42. The molecule has 13 heavy (non-hydrogen) atoms. The van der Waals surface area contributed by atoms with Gasteiger partial charge in [-0.05, 0) is 18.0 Å². The van der Waals surface area contributed by atoms with E-state index in [2.05, 4.69) is 0 Å². The Hall–Kier alpha value is -1.06. The molecule has 0 spiro atoms. The predicted molar refractivity (Wildman–Crippen MR) is 53.1 cm³/mol. The van der Waals surface area contributed by atoms with Gasteiger partial charge in [-0.2, -0.15) is 0 Å². The molecule has 1 aromatic rings. The SMILES string of the molecule is Cc1ccc(C2=CCOB2O)cc1. The minimum Gasteiger partial charge on any atom is -0.423 e. The molecule has 2 nitrogen and oxygen atoms in total. The molecule has 0 atom stereocenters. The van der Waals surface area contributed by atoms with Crippen molar-refractivity contribution in [2.45, 2.75) is 6.92 Å². The number of hydrogen-bond acceptors (Lipinski definition) is 2. The van der Waals surface area contributed by atoms with Gasteiger partial charge in [0.05, 0.1) is 6.61 Å². The topological polar surface area (TPSA) is 29.5 Å². The summed E-state index contributed by atoms with van der Waals surface area (Å²) in [6.07, 6.45) is 1.91. The van der Waals surface area contributed by atoms with Crippen LogP contribution >= 0.6 is 0 Å². The lowest BCUT2D eigenvalue weighted by Crippen LogP contribution is -2.14. The zero-order valence-electron chi connectivity index (χ0n) is 7.53. The fourth-order valence-electron chi connectivity index (χ4n) is 1.43. The van der Waals surface area contributed by atoms with Crippen molar-refractivity contribution < 1.29 is 9.68 Å². The first-order valence-electron chi connectivity index (χ1n) is 4.34. The van der Waals surface area contributed by atoms with Crippen molar-refractivity contribution in [1.82, 2.24) is 0 Å². The Kier molecular flexibility index (Phi) is 2.21. The lowest BCUT2D eigenvalue weighted by molar-refractivity contribution is 0.316. The summed E-state index contributed by atoms with van der Waals surface area (Å²) in [6.45, 7) is 2.55. The first-order chi connectivity index (χ1) is 6.27. The van der Waals surface area contributed by atoms with Gasteiger partial charge in [0.25, 0.3) is 0 Å². The highest BCUT2D eigenvalue weighted by Crippen LogP contribution is 2.21. The molecular formula is C10H11BO2. The van der Waals surface area contributed by atoms with Crippen molar-refractivity contribution in [3.05, 3.63) is 41.5 Å². The molecule has 0 bridgehead atoms. The molecular weight excluding hydrogens is 163 g/mol. The van der Waals surface area contributed by atoms with Crippen molar-refractivity contribution in [3.63, 3.8) is 0 Å². The van der Waals surface area contributed by atoms with Crippen LogP contribution in [0, 0.1) is 6.92 Å². The Morgan fingerprint density at radius 1 is 1.31 bits per heavy atom. The van der Waals surface area contributed by atoms with Crippen LogP contribution < -0.4 is 0 Å². The van der Waals surface area contributed by atoms with Crippen molar-refractivity contribution in [2.75, 3.05) is 6.61 Å². The van der Waals surface area contributed by atoms with E-state index < -0.39 is 7.12 Å². The molecule has 66 valence electrons. The summed E-state index contributed by atoms with van der Waals surface area (Å²) in [6, 6.07) is 8.06. The molecule has 1 aromatic carbocycles. The maximum Gasteiger partial charge on any atom is 0.491 e. The maximum atomic E-state index is 9.42. The van der Waals surface area contributed by atoms with Gasteiger partial charge in [0, 0.05) is 0 Å². The van der Waals surface area contributed by atoms with Crippen molar-refractivity contribution in [2.24, 2.45) is 0 Å². The predicted octanol–water partition coefficient (Wildman–Crippen LogP) is 1.43. The van der Waals surface area contributed by atoms with Gasteiger partial charge in [-0.25, -0.2) is 0 Å². The molecule has 0 fully saturated rings. The molecule has 0 amide bonds. The van der Waals surface area contributed by atoms with Crippen LogP contribution in [0.4, 0.5) is 0 Å². The van der Waals surface area contributed by atoms with Crippen LogP contribution in [-0.4, -0.2) is 18.7 Å². The average Bonchev–Trinajstić information content (AvgIpc) is 2.53. The number of benzene rings is 1. The molecule has 0 unspecified atom stereocenters. The van der Waals surface area contributed by atoms with Crippen molar-refractivity contribution in [3.8, 4) is 0 Å². The Morgan fingerprint density at radius 3 is 2.54 bits per heavy atom. The molecule has 1 aliphatic rings. The lowest BCUT2D eigenvalue weighted by atomic mass is 9.76. The fourth-order valence-corrected chi connectivity index (χ4v) is 1.43. The molecule has 3 heteroatoms. The molecule has 0 aromatic heterocycles. The van der Waals surface area contributed by atoms with Gasteiger partial charge in [-0.15, -0.1) is 0 Å². The standard InChI is InChI=1S/C10H11BO2/c1-8-2-4-9(5-3-8)10-6-7-13-11(10)12/h2-6,12H,7H2,1H3. The molecule has 1 N–H and O–H groups in total. The normalized spacial score (nSPS) is 16.2. The molecule has 0 radical (unpaired) electrons. The molecule has 2 rings (SSSR count). The van der Waals surface area contributed by atoms with E-state index in [0.29, 0.717) is 6.61 Å². The van der Waals surface area contributed by atoms with Gasteiger partial charge >= 0.3 is 7.12 Å². The number of aryl methyl sites for hydroxylation is 1. The van der Waals surface area contributed by atoms with Crippen molar-refractivity contribution >= 4 is 12.6 Å². The third-order valence-electron chi connectivity index (χ3n) is 2.21. The summed E-state index contributed by atoms with van der Waals surface area (Å²) < 4.78 is 5.01. The van der Waals surface area contributed by atoms with E-state index >= 15 is 0 Å².